The van der Waals surface area contributed by atoms with Gasteiger partial charge in [-0.05, 0) is 17.7 Å². The fraction of sp³-hybridized carbons (Fsp3) is 0.143. The lowest BCUT2D eigenvalue weighted by Crippen LogP contribution is -3.00. The second-order valence-electron chi connectivity index (χ2n) is 1.97. The molecular formula is C7H8ClN3. The van der Waals surface area contributed by atoms with Crippen LogP contribution < -0.4 is 18.1 Å². The van der Waals surface area contributed by atoms with E-state index in [2.05, 4.69) is 4.98 Å². The summed E-state index contributed by atoms with van der Waals surface area (Å²) in [7, 11) is 0. The van der Waals surface area contributed by atoms with E-state index < -0.39 is 0 Å². The van der Waals surface area contributed by atoms with Crippen LogP contribution in [0.4, 0.5) is 5.69 Å². The van der Waals surface area contributed by atoms with Gasteiger partial charge in [0.1, 0.15) is 0 Å². The van der Waals surface area contributed by atoms with Gasteiger partial charge in [-0.2, -0.15) is 0 Å². The van der Waals surface area contributed by atoms with Crippen molar-refractivity contribution >= 4 is 5.69 Å². The van der Waals surface area contributed by atoms with Crippen LogP contribution in [0.2, 0.25) is 0 Å². The number of benzene rings is 1. The molecule has 0 unspecified atom stereocenters. The first-order valence-corrected chi connectivity index (χ1v) is 3.01. The molecule has 0 aromatic heterocycles. The lowest BCUT2D eigenvalue weighted by Gasteiger charge is -1.88. The van der Waals surface area contributed by atoms with Crippen molar-refractivity contribution in [2.45, 2.75) is 6.54 Å². The molecule has 1 aromatic rings. The van der Waals surface area contributed by atoms with Gasteiger partial charge in [-0.1, -0.05) is 0 Å². The zero-order chi connectivity index (χ0) is 7.40. The summed E-state index contributed by atoms with van der Waals surface area (Å²) in [6.45, 7) is 0.520. The number of hydrogen-bond acceptors (Lipinski definition) is 2. The minimum Gasteiger partial charge on any atom is -1.00 e. The van der Waals surface area contributed by atoms with Crippen LogP contribution in [0.1, 0.15) is 5.56 Å². The molecule has 2 N–H and O–H groups in total. The van der Waals surface area contributed by atoms with Crippen molar-refractivity contribution in [3.8, 4) is 0 Å². The molecule has 0 saturated carbocycles. The van der Waals surface area contributed by atoms with Crippen LogP contribution in [-0.4, -0.2) is 0 Å². The van der Waals surface area contributed by atoms with Crippen molar-refractivity contribution in [3.05, 3.63) is 34.8 Å². The minimum atomic E-state index is 0. The van der Waals surface area contributed by atoms with Crippen molar-refractivity contribution in [3.63, 3.8) is 0 Å². The first kappa shape index (κ1) is 9.89. The van der Waals surface area contributed by atoms with E-state index >= 15 is 0 Å². The molecular weight excluding hydrogens is 162 g/mol. The summed E-state index contributed by atoms with van der Waals surface area (Å²) in [5.74, 6) is 0. The smallest absolute Gasteiger partial charge is 0.385 e. The second-order valence-corrected chi connectivity index (χ2v) is 1.97. The summed E-state index contributed by atoms with van der Waals surface area (Å²) in [5, 5.41) is 8.29. The fourth-order valence-corrected chi connectivity index (χ4v) is 0.699. The number of nitrogens with zero attached hydrogens (tertiary/aromatic N) is 2. The van der Waals surface area contributed by atoms with Crippen LogP contribution in [0.15, 0.2) is 24.3 Å². The Morgan fingerprint density at radius 3 is 2.18 bits per heavy atom. The highest BCUT2D eigenvalue weighted by Crippen LogP contribution is 2.11. The Balaban J connectivity index is 0.000001000. The summed E-state index contributed by atoms with van der Waals surface area (Å²) in [6.07, 6.45) is 0. The maximum atomic E-state index is 8.29. The van der Waals surface area contributed by atoms with Crippen LogP contribution in [0.5, 0.6) is 0 Å². The van der Waals surface area contributed by atoms with Crippen molar-refractivity contribution in [2.75, 3.05) is 0 Å². The van der Waals surface area contributed by atoms with Crippen LogP contribution >= 0.6 is 0 Å². The molecule has 0 amide bonds. The summed E-state index contributed by atoms with van der Waals surface area (Å²) in [4.78, 5) is 3.01. The summed E-state index contributed by atoms with van der Waals surface area (Å²) < 4.78 is 0. The quantitative estimate of drug-likeness (QED) is 0.528. The lowest BCUT2D eigenvalue weighted by atomic mass is 10.2. The fourth-order valence-electron chi connectivity index (χ4n) is 0.699. The molecule has 1 aromatic carbocycles. The molecule has 0 bridgehead atoms. The van der Waals surface area contributed by atoms with E-state index in [0.717, 1.165) is 5.56 Å². The van der Waals surface area contributed by atoms with E-state index in [0.29, 0.717) is 12.2 Å². The number of diazo groups is 1. The SMILES string of the molecule is N#[N+]c1ccc(CN)cc1.[Cl-]. The third kappa shape index (κ3) is 2.54. The first-order chi connectivity index (χ1) is 4.86. The molecule has 0 radical (unpaired) electrons. The molecule has 0 atom stereocenters. The van der Waals surface area contributed by atoms with Crippen LogP contribution in [0.3, 0.4) is 0 Å². The summed E-state index contributed by atoms with van der Waals surface area (Å²) >= 11 is 0. The number of halogens is 1. The summed E-state index contributed by atoms with van der Waals surface area (Å²) in [5.41, 5.74) is 6.94. The number of hydrogen-bond donors (Lipinski definition) is 1. The Labute approximate surface area is 71.2 Å². The Morgan fingerprint density at radius 2 is 1.82 bits per heavy atom. The monoisotopic (exact) mass is 169 g/mol. The Bertz CT molecular complexity index is 249. The molecule has 0 aliphatic rings. The molecule has 11 heavy (non-hydrogen) atoms. The molecule has 1 rings (SSSR count). The largest absolute Gasteiger partial charge is 1.00 e. The molecule has 0 fully saturated rings. The zero-order valence-electron chi connectivity index (χ0n) is 5.87. The molecule has 4 heteroatoms. The van der Waals surface area contributed by atoms with Crippen LogP contribution in [0.25, 0.3) is 4.98 Å². The molecule has 0 spiro atoms. The van der Waals surface area contributed by atoms with Gasteiger partial charge in [-0.15, -0.1) is 0 Å². The topological polar surface area (TPSA) is 54.2 Å². The molecule has 0 heterocycles. The first-order valence-electron chi connectivity index (χ1n) is 3.01. The van der Waals surface area contributed by atoms with Gasteiger partial charge in [0.05, 0.1) is 0 Å². The normalized spacial score (nSPS) is 8.00. The van der Waals surface area contributed by atoms with Gasteiger partial charge in [0.2, 0.25) is 5.39 Å². The van der Waals surface area contributed by atoms with Gasteiger partial charge in [0.15, 0.2) is 4.98 Å². The molecule has 0 saturated heterocycles. The highest BCUT2D eigenvalue weighted by molar-refractivity contribution is 5.44. The predicted molar refractivity (Wildman–Crippen MR) is 39.1 cm³/mol. The van der Waals surface area contributed by atoms with E-state index in [1.807, 2.05) is 12.1 Å². The third-order valence-corrected chi connectivity index (χ3v) is 1.29. The molecule has 0 aliphatic heterocycles. The highest BCUT2D eigenvalue weighted by Gasteiger charge is 2.00. The molecule has 3 nitrogen and oxygen atoms in total. The van der Waals surface area contributed by atoms with E-state index in [1.165, 1.54) is 0 Å². The Morgan fingerprint density at radius 1 is 1.27 bits per heavy atom. The average molecular weight is 170 g/mol. The standard InChI is InChI=1S/C7H8N3.ClH/c8-5-6-1-3-7(10-9)4-2-6;/h1-4H,5,8H2;1H/q+1;/p-1. The maximum Gasteiger partial charge on any atom is 0.385 e. The van der Waals surface area contributed by atoms with Crippen LogP contribution in [0, 0.1) is 5.39 Å². The van der Waals surface area contributed by atoms with E-state index in [1.54, 1.807) is 12.1 Å². The number of nitrogens with two attached hydrogens (primary N) is 1. The van der Waals surface area contributed by atoms with Crippen molar-refractivity contribution < 1.29 is 12.4 Å². The lowest BCUT2D eigenvalue weighted by molar-refractivity contribution is -0.00000236. The third-order valence-electron chi connectivity index (χ3n) is 1.29. The van der Waals surface area contributed by atoms with Gasteiger partial charge >= 0.3 is 5.69 Å². The van der Waals surface area contributed by atoms with Gasteiger partial charge in [0.25, 0.3) is 0 Å². The summed E-state index contributed by atoms with van der Waals surface area (Å²) in [6, 6.07) is 7.08. The van der Waals surface area contributed by atoms with Gasteiger partial charge in [-0.3, -0.25) is 0 Å². The highest BCUT2D eigenvalue weighted by atomic mass is 35.5. The van der Waals surface area contributed by atoms with Crippen molar-refractivity contribution in [1.82, 2.24) is 0 Å². The molecule has 0 aliphatic carbocycles. The predicted octanol–water partition coefficient (Wildman–Crippen LogP) is -1.37. The minimum absolute atomic E-state index is 0. The van der Waals surface area contributed by atoms with E-state index in [-0.39, 0.29) is 12.4 Å². The van der Waals surface area contributed by atoms with E-state index in [9.17, 15) is 0 Å². The maximum absolute atomic E-state index is 8.29. The second kappa shape index (κ2) is 4.67. The molecule has 58 valence electrons. The van der Waals surface area contributed by atoms with Gasteiger partial charge < -0.3 is 18.1 Å². The number of rotatable bonds is 1. The Kier molecular flexibility index (Phi) is 4.20. The van der Waals surface area contributed by atoms with Gasteiger partial charge in [-0.25, -0.2) is 0 Å². The van der Waals surface area contributed by atoms with Crippen LogP contribution in [-0.2, 0) is 6.54 Å². The van der Waals surface area contributed by atoms with E-state index in [4.69, 9.17) is 11.1 Å². The average Bonchev–Trinajstić information content (AvgIpc) is 2.05. The van der Waals surface area contributed by atoms with Crippen molar-refractivity contribution in [2.24, 2.45) is 5.73 Å². The van der Waals surface area contributed by atoms with Crippen molar-refractivity contribution in [1.29, 1.82) is 5.39 Å². The van der Waals surface area contributed by atoms with Gasteiger partial charge in [0, 0.05) is 18.7 Å². The zero-order valence-corrected chi connectivity index (χ0v) is 6.62. The Hall–Kier alpha value is -1.11.